The fourth-order valence-corrected chi connectivity index (χ4v) is 9.58. The Labute approximate surface area is 185 Å². The Morgan fingerprint density at radius 1 is 0.967 bits per heavy atom. The lowest BCUT2D eigenvalue weighted by Gasteiger charge is -2.61. The molecule has 0 bridgehead atoms. The number of Topliss-reactive ketones (excluding diaryl/α,β-unsaturated/α-hetero) is 1. The van der Waals surface area contributed by atoms with Crippen LogP contribution in [0, 0.1) is 40.4 Å². The zero-order valence-corrected chi connectivity index (χ0v) is 21.6. The second-order valence-electron chi connectivity index (χ2n) is 13.3. The van der Waals surface area contributed by atoms with Crippen LogP contribution in [-0.2, 0) is 9.22 Å². The van der Waals surface area contributed by atoms with Gasteiger partial charge in [-0.15, -0.1) is 0 Å². The molecular formula is C26H46O3Si. The monoisotopic (exact) mass is 434 g/mol. The van der Waals surface area contributed by atoms with E-state index < -0.39 is 8.32 Å². The van der Waals surface area contributed by atoms with E-state index in [1.54, 1.807) is 0 Å². The molecular weight excluding hydrogens is 388 g/mol. The van der Waals surface area contributed by atoms with E-state index in [9.17, 15) is 9.90 Å². The first-order valence-corrected chi connectivity index (χ1v) is 15.6. The molecule has 4 heteroatoms. The summed E-state index contributed by atoms with van der Waals surface area (Å²) in [4.78, 5) is 13.8. The van der Waals surface area contributed by atoms with Gasteiger partial charge in [-0.25, -0.2) is 0 Å². The van der Waals surface area contributed by atoms with Gasteiger partial charge in [0.2, 0.25) is 0 Å². The summed E-state index contributed by atoms with van der Waals surface area (Å²) >= 11 is 0. The normalized spacial score (nSPS) is 46.9. The van der Waals surface area contributed by atoms with Crippen molar-refractivity contribution in [3.05, 3.63) is 0 Å². The largest absolute Gasteiger partial charge is 0.413 e. The molecule has 0 radical (unpaired) electrons. The molecule has 0 aromatic heterocycles. The van der Waals surface area contributed by atoms with Crippen LogP contribution in [0.1, 0.15) is 86.0 Å². The Morgan fingerprint density at radius 2 is 1.63 bits per heavy atom. The Hall–Kier alpha value is -0.193. The molecule has 0 saturated heterocycles. The fourth-order valence-electron chi connectivity index (χ4n) is 8.12. The van der Waals surface area contributed by atoms with E-state index in [0.717, 1.165) is 19.3 Å². The van der Waals surface area contributed by atoms with Gasteiger partial charge < -0.3 is 9.53 Å². The number of carbonyl (C=O) groups excluding carboxylic acids is 1. The molecule has 0 amide bonds. The Kier molecular flexibility index (Phi) is 5.68. The third-order valence-corrected chi connectivity index (χ3v) is 15.5. The maximum Gasteiger partial charge on any atom is 0.192 e. The van der Waals surface area contributed by atoms with Crippen molar-refractivity contribution in [2.45, 2.75) is 110 Å². The predicted octanol–water partition coefficient (Wildman–Crippen LogP) is 6.21. The highest BCUT2D eigenvalue weighted by atomic mass is 28.4. The molecule has 1 N–H and O–H groups in total. The van der Waals surface area contributed by atoms with Gasteiger partial charge in [0.05, 0.1) is 12.7 Å². The summed E-state index contributed by atoms with van der Waals surface area (Å²) in [6.07, 6.45) is 9.80. The van der Waals surface area contributed by atoms with Crippen molar-refractivity contribution in [2.75, 3.05) is 6.61 Å². The number of aliphatic hydroxyl groups is 1. The maximum absolute atomic E-state index is 13.8. The lowest BCUT2D eigenvalue weighted by atomic mass is 9.43. The zero-order chi connectivity index (χ0) is 22.1. The smallest absolute Gasteiger partial charge is 0.192 e. The molecule has 30 heavy (non-hydrogen) atoms. The van der Waals surface area contributed by atoms with Crippen molar-refractivity contribution in [1.82, 2.24) is 0 Å². The standard InChI is InChI=1S/C26H46O3Si/c1-24(2,3)30(6,7)29-21-12-11-19-22-20(13-15-26(19,21)5)25(4)14-9-8-10-18(25)17(16-27)23(22)28/h17-22,27H,8-16H2,1-7H3/t17-,18?,19+,20+,21+,22+,25+,26+/m1/s1. The average Bonchev–Trinajstić information content (AvgIpc) is 2.97. The predicted molar refractivity (Wildman–Crippen MR) is 125 cm³/mol. The van der Waals surface area contributed by atoms with E-state index in [0.29, 0.717) is 29.6 Å². The van der Waals surface area contributed by atoms with E-state index in [4.69, 9.17) is 4.43 Å². The number of aliphatic hydroxyl groups excluding tert-OH is 1. The summed E-state index contributed by atoms with van der Waals surface area (Å²) in [5.41, 5.74) is 0.355. The van der Waals surface area contributed by atoms with Gasteiger partial charge >= 0.3 is 0 Å². The van der Waals surface area contributed by atoms with Crippen LogP contribution in [0.15, 0.2) is 0 Å². The molecule has 4 aliphatic rings. The molecule has 8 atom stereocenters. The van der Waals surface area contributed by atoms with Gasteiger partial charge in [-0.2, -0.15) is 0 Å². The van der Waals surface area contributed by atoms with Crippen molar-refractivity contribution in [3.8, 4) is 0 Å². The molecule has 172 valence electrons. The van der Waals surface area contributed by atoms with Crippen LogP contribution in [0.2, 0.25) is 18.1 Å². The topological polar surface area (TPSA) is 46.5 Å². The minimum Gasteiger partial charge on any atom is -0.413 e. The Bertz CT molecular complexity index is 682. The Morgan fingerprint density at radius 3 is 2.27 bits per heavy atom. The van der Waals surface area contributed by atoms with E-state index in [-0.39, 0.29) is 34.3 Å². The van der Waals surface area contributed by atoms with E-state index in [2.05, 4.69) is 47.7 Å². The first-order valence-electron chi connectivity index (χ1n) is 12.7. The van der Waals surface area contributed by atoms with Gasteiger partial charge in [-0.1, -0.05) is 47.5 Å². The zero-order valence-electron chi connectivity index (χ0n) is 20.6. The first-order chi connectivity index (χ1) is 13.9. The molecule has 0 aromatic carbocycles. The van der Waals surface area contributed by atoms with Crippen molar-refractivity contribution < 1.29 is 14.3 Å². The third kappa shape index (κ3) is 3.22. The second kappa shape index (κ2) is 7.42. The molecule has 0 aromatic rings. The molecule has 4 saturated carbocycles. The number of fused-ring (bicyclic) bond motifs is 5. The van der Waals surface area contributed by atoms with Crippen molar-refractivity contribution in [2.24, 2.45) is 40.4 Å². The molecule has 4 rings (SSSR count). The quantitative estimate of drug-likeness (QED) is 0.537. The highest BCUT2D eigenvalue weighted by Crippen LogP contribution is 2.67. The number of rotatable bonds is 3. The number of ketones is 1. The van der Waals surface area contributed by atoms with Gasteiger partial charge in [0.1, 0.15) is 5.78 Å². The van der Waals surface area contributed by atoms with Crippen LogP contribution < -0.4 is 0 Å². The lowest BCUT2D eigenvalue weighted by Crippen LogP contribution is -2.61. The molecule has 0 aliphatic heterocycles. The summed E-state index contributed by atoms with van der Waals surface area (Å²) in [6, 6.07) is 0. The number of hydrogen-bond acceptors (Lipinski definition) is 3. The average molecular weight is 435 g/mol. The minimum atomic E-state index is -1.84. The van der Waals surface area contributed by atoms with Crippen LogP contribution >= 0.6 is 0 Å². The highest BCUT2D eigenvalue weighted by Gasteiger charge is 2.65. The molecule has 0 spiro atoms. The van der Waals surface area contributed by atoms with Gasteiger partial charge in [0.25, 0.3) is 0 Å². The summed E-state index contributed by atoms with van der Waals surface area (Å²) in [7, 11) is -1.84. The second-order valence-corrected chi connectivity index (χ2v) is 18.0. The highest BCUT2D eigenvalue weighted by molar-refractivity contribution is 6.74. The summed E-state index contributed by atoms with van der Waals surface area (Å²) in [6.45, 7) is 16.7. The summed E-state index contributed by atoms with van der Waals surface area (Å²) < 4.78 is 7.01. The van der Waals surface area contributed by atoms with Crippen LogP contribution in [0.3, 0.4) is 0 Å². The fraction of sp³-hybridized carbons (Fsp3) is 0.962. The lowest BCUT2D eigenvalue weighted by molar-refractivity contribution is -0.171. The van der Waals surface area contributed by atoms with Gasteiger partial charge in [-0.3, -0.25) is 4.79 Å². The van der Waals surface area contributed by atoms with Crippen molar-refractivity contribution in [3.63, 3.8) is 0 Å². The van der Waals surface area contributed by atoms with E-state index >= 15 is 0 Å². The van der Waals surface area contributed by atoms with Crippen molar-refractivity contribution in [1.29, 1.82) is 0 Å². The van der Waals surface area contributed by atoms with Gasteiger partial charge in [0.15, 0.2) is 8.32 Å². The third-order valence-electron chi connectivity index (χ3n) is 11.0. The van der Waals surface area contributed by atoms with Gasteiger partial charge in [-0.05, 0) is 85.2 Å². The van der Waals surface area contributed by atoms with Crippen LogP contribution in [-0.4, -0.2) is 31.9 Å². The van der Waals surface area contributed by atoms with Crippen LogP contribution in [0.5, 0.6) is 0 Å². The maximum atomic E-state index is 13.8. The molecule has 1 unspecified atom stereocenters. The molecule has 0 heterocycles. The van der Waals surface area contributed by atoms with Crippen LogP contribution in [0.4, 0.5) is 0 Å². The van der Waals surface area contributed by atoms with Crippen molar-refractivity contribution >= 4 is 14.1 Å². The summed E-state index contributed by atoms with van der Waals surface area (Å²) in [5, 5.41) is 10.5. The molecule has 4 fully saturated rings. The number of hydrogen-bond donors (Lipinski definition) is 1. The van der Waals surface area contributed by atoms with E-state index in [1.807, 2.05) is 0 Å². The molecule has 4 aliphatic carbocycles. The number of carbonyl (C=O) groups is 1. The molecule has 3 nitrogen and oxygen atoms in total. The van der Waals surface area contributed by atoms with E-state index in [1.165, 1.54) is 32.1 Å². The van der Waals surface area contributed by atoms with Crippen LogP contribution in [0.25, 0.3) is 0 Å². The summed E-state index contributed by atoms with van der Waals surface area (Å²) in [5.74, 6) is 1.79. The Balaban J connectivity index is 1.65. The SMILES string of the molecule is CC(C)(C)[Si](C)(C)O[C@H]1CC[C@H]2[C@@H]3C(=O)[C@H](CO)C4CCCC[C@]4(C)[C@H]3CC[C@]12C. The minimum absolute atomic E-state index is 0.0512. The first kappa shape index (κ1) is 23.0. The van der Waals surface area contributed by atoms with Gasteiger partial charge in [0, 0.05) is 11.8 Å².